The van der Waals surface area contributed by atoms with Gasteiger partial charge in [0.2, 0.25) is 0 Å². The first-order valence-corrected chi connectivity index (χ1v) is 8.39. The Kier molecular flexibility index (Phi) is 5.59. The van der Waals surface area contributed by atoms with Crippen molar-refractivity contribution in [2.24, 2.45) is 0 Å². The Morgan fingerprint density at radius 1 is 0.760 bits per heavy atom. The molecule has 128 valence electrons. The average molecular weight is 335 g/mol. The van der Waals surface area contributed by atoms with E-state index < -0.39 is 6.10 Å². The highest BCUT2D eigenvalue weighted by atomic mass is 19.1. The van der Waals surface area contributed by atoms with Gasteiger partial charge in [-0.3, -0.25) is 4.90 Å². The topological polar surface area (TPSA) is 23.5 Å². The third-order valence-corrected chi connectivity index (χ3v) is 4.39. The zero-order valence-corrected chi connectivity index (χ0v) is 14.2. The molecule has 2 atom stereocenters. The molecule has 0 radical (unpaired) electrons. The molecule has 0 aliphatic heterocycles. The number of aliphatic hydroxyl groups is 1. The fraction of sp³-hybridized carbons (Fsp3) is 0.182. The minimum atomic E-state index is -0.585. The molecular formula is C22H22FNO. The summed E-state index contributed by atoms with van der Waals surface area (Å²) >= 11 is 0. The lowest BCUT2D eigenvalue weighted by atomic mass is 9.96. The fourth-order valence-electron chi connectivity index (χ4n) is 3.14. The highest BCUT2D eigenvalue weighted by Gasteiger charge is 2.22. The number of hydrogen-bond donors (Lipinski definition) is 1. The second-order valence-electron chi connectivity index (χ2n) is 6.23. The van der Waals surface area contributed by atoms with Crippen LogP contribution in [0.15, 0.2) is 84.9 Å². The van der Waals surface area contributed by atoms with Gasteiger partial charge in [-0.15, -0.1) is 0 Å². The Hall–Kier alpha value is -2.49. The van der Waals surface area contributed by atoms with Crippen LogP contribution >= 0.6 is 0 Å². The van der Waals surface area contributed by atoms with Crippen molar-refractivity contribution in [1.82, 2.24) is 4.90 Å². The summed E-state index contributed by atoms with van der Waals surface area (Å²) < 4.78 is 13.3. The minimum absolute atomic E-state index is 0.0554. The summed E-state index contributed by atoms with van der Waals surface area (Å²) in [5.74, 6) is -0.248. The van der Waals surface area contributed by atoms with Crippen LogP contribution in [-0.2, 0) is 0 Å². The monoisotopic (exact) mass is 335 g/mol. The molecule has 0 unspecified atom stereocenters. The zero-order valence-electron chi connectivity index (χ0n) is 14.2. The third-order valence-electron chi connectivity index (χ3n) is 4.39. The molecule has 0 saturated carbocycles. The van der Waals surface area contributed by atoms with Gasteiger partial charge in [-0.05, 0) is 35.9 Å². The molecule has 0 fully saturated rings. The van der Waals surface area contributed by atoms with E-state index in [4.69, 9.17) is 0 Å². The van der Waals surface area contributed by atoms with Crippen LogP contribution in [0.2, 0.25) is 0 Å². The lowest BCUT2D eigenvalue weighted by Crippen LogP contribution is -2.30. The van der Waals surface area contributed by atoms with E-state index in [1.165, 1.54) is 12.1 Å². The summed E-state index contributed by atoms with van der Waals surface area (Å²) in [4.78, 5) is 2.10. The van der Waals surface area contributed by atoms with E-state index in [0.29, 0.717) is 6.54 Å². The van der Waals surface area contributed by atoms with Crippen molar-refractivity contribution in [2.45, 2.75) is 12.1 Å². The van der Waals surface area contributed by atoms with Gasteiger partial charge in [-0.2, -0.15) is 0 Å². The lowest BCUT2D eigenvalue weighted by Gasteiger charge is -2.31. The summed E-state index contributed by atoms with van der Waals surface area (Å²) in [6, 6.07) is 26.2. The average Bonchev–Trinajstić information content (AvgIpc) is 2.65. The van der Waals surface area contributed by atoms with E-state index in [0.717, 1.165) is 16.7 Å². The van der Waals surface area contributed by atoms with Gasteiger partial charge in [0.05, 0.1) is 12.1 Å². The Morgan fingerprint density at radius 2 is 1.24 bits per heavy atom. The molecule has 3 rings (SSSR count). The lowest BCUT2D eigenvalue weighted by molar-refractivity contribution is 0.113. The van der Waals surface area contributed by atoms with E-state index >= 15 is 0 Å². The minimum Gasteiger partial charge on any atom is -0.387 e. The van der Waals surface area contributed by atoms with Gasteiger partial charge < -0.3 is 5.11 Å². The maximum atomic E-state index is 13.3. The molecule has 0 heterocycles. The highest BCUT2D eigenvalue weighted by Crippen LogP contribution is 2.29. The molecule has 0 bridgehead atoms. The van der Waals surface area contributed by atoms with Gasteiger partial charge in [-0.25, -0.2) is 4.39 Å². The first-order chi connectivity index (χ1) is 12.1. The number of benzene rings is 3. The highest BCUT2D eigenvalue weighted by molar-refractivity contribution is 5.32. The normalized spacial score (nSPS) is 13.6. The molecule has 3 aromatic carbocycles. The smallest absolute Gasteiger partial charge is 0.123 e. The van der Waals surface area contributed by atoms with E-state index in [9.17, 15) is 9.50 Å². The summed E-state index contributed by atoms with van der Waals surface area (Å²) in [5, 5.41) is 10.6. The van der Waals surface area contributed by atoms with Gasteiger partial charge in [0.25, 0.3) is 0 Å². The Labute approximate surface area is 148 Å². The van der Waals surface area contributed by atoms with Crippen molar-refractivity contribution in [1.29, 1.82) is 0 Å². The van der Waals surface area contributed by atoms with Crippen molar-refractivity contribution >= 4 is 0 Å². The maximum Gasteiger partial charge on any atom is 0.123 e. The number of halogens is 1. The second kappa shape index (κ2) is 8.06. The van der Waals surface area contributed by atoms with Crippen LogP contribution in [0.1, 0.15) is 28.8 Å². The third kappa shape index (κ3) is 4.32. The molecule has 0 saturated heterocycles. The largest absolute Gasteiger partial charge is 0.387 e. The van der Waals surface area contributed by atoms with E-state index in [-0.39, 0.29) is 11.9 Å². The van der Waals surface area contributed by atoms with Crippen LogP contribution in [0.25, 0.3) is 0 Å². The van der Waals surface area contributed by atoms with Crippen molar-refractivity contribution in [3.8, 4) is 0 Å². The van der Waals surface area contributed by atoms with Crippen LogP contribution < -0.4 is 0 Å². The molecule has 0 spiro atoms. The predicted octanol–water partition coefficient (Wildman–Crippen LogP) is 4.58. The molecule has 1 N–H and O–H groups in total. The number of hydrogen-bond acceptors (Lipinski definition) is 2. The summed E-state index contributed by atoms with van der Waals surface area (Å²) in [5.41, 5.74) is 2.99. The summed E-state index contributed by atoms with van der Waals surface area (Å²) in [6.45, 7) is 0.473. The second-order valence-corrected chi connectivity index (χ2v) is 6.23. The van der Waals surface area contributed by atoms with Gasteiger partial charge >= 0.3 is 0 Å². The number of likely N-dealkylation sites (N-methyl/N-ethyl adjacent to an activating group) is 1. The van der Waals surface area contributed by atoms with Crippen LogP contribution in [0.3, 0.4) is 0 Å². The first-order valence-electron chi connectivity index (χ1n) is 8.39. The summed E-state index contributed by atoms with van der Waals surface area (Å²) in [6.07, 6.45) is -0.585. The molecule has 0 amide bonds. The van der Waals surface area contributed by atoms with Crippen LogP contribution in [0, 0.1) is 5.82 Å². The quantitative estimate of drug-likeness (QED) is 0.713. The predicted molar refractivity (Wildman–Crippen MR) is 98.7 cm³/mol. The van der Waals surface area contributed by atoms with Crippen molar-refractivity contribution in [2.75, 3.05) is 13.6 Å². The Bertz CT molecular complexity index is 774. The van der Waals surface area contributed by atoms with E-state index in [1.54, 1.807) is 12.1 Å². The molecule has 0 aliphatic carbocycles. The van der Waals surface area contributed by atoms with E-state index in [2.05, 4.69) is 17.0 Å². The molecule has 0 aromatic heterocycles. The molecule has 3 aromatic rings. The Balaban J connectivity index is 1.87. The molecule has 25 heavy (non-hydrogen) atoms. The van der Waals surface area contributed by atoms with Crippen LogP contribution in [-0.4, -0.2) is 23.6 Å². The number of nitrogens with zero attached hydrogens (tertiary/aromatic N) is 1. The standard InChI is InChI=1S/C22H22FNO/c1-24(16-21(25)17-8-4-2-5-9-17)22(18-10-6-3-7-11-18)19-12-14-20(23)15-13-19/h2-15,21-22,25H,16H2,1H3/t21-,22-/m0/s1. The molecule has 2 nitrogen and oxygen atoms in total. The van der Waals surface area contributed by atoms with Crippen molar-refractivity contribution in [3.05, 3.63) is 107 Å². The van der Waals surface area contributed by atoms with Gasteiger partial charge in [0, 0.05) is 6.54 Å². The summed E-state index contributed by atoms with van der Waals surface area (Å²) in [7, 11) is 1.98. The first kappa shape index (κ1) is 17.3. The maximum absolute atomic E-state index is 13.3. The van der Waals surface area contributed by atoms with Gasteiger partial charge in [-0.1, -0.05) is 72.8 Å². The zero-order chi connectivity index (χ0) is 17.6. The fourth-order valence-corrected chi connectivity index (χ4v) is 3.14. The van der Waals surface area contributed by atoms with Crippen LogP contribution in [0.5, 0.6) is 0 Å². The molecule has 3 heteroatoms. The van der Waals surface area contributed by atoms with Gasteiger partial charge in [0.15, 0.2) is 0 Å². The molecule has 0 aliphatic rings. The van der Waals surface area contributed by atoms with E-state index in [1.807, 2.05) is 55.6 Å². The van der Waals surface area contributed by atoms with Gasteiger partial charge in [0.1, 0.15) is 5.82 Å². The SMILES string of the molecule is CN(C[C@H](O)c1ccccc1)[C@@H](c1ccccc1)c1ccc(F)cc1. The Morgan fingerprint density at radius 3 is 1.80 bits per heavy atom. The number of aliphatic hydroxyl groups excluding tert-OH is 1. The number of rotatable bonds is 6. The molecular weight excluding hydrogens is 313 g/mol. The van der Waals surface area contributed by atoms with Crippen molar-refractivity contribution < 1.29 is 9.50 Å². The van der Waals surface area contributed by atoms with Crippen LogP contribution in [0.4, 0.5) is 4.39 Å². The van der Waals surface area contributed by atoms with Crippen molar-refractivity contribution in [3.63, 3.8) is 0 Å².